The van der Waals surface area contributed by atoms with E-state index in [1.54, 1.807) is 45.0 Å². The van der Waals surface area contributed by atoms with Gasteiger partial charge in [-0.2, -0.15) is 4.98 Å². The van der Waals surface area contributed by atoms with E-state index in [1.807, 2.05) is 0 Å². The van der Waals surface area contributed by atoms with Crippen molar-refractivity contribution in [3.8, 4) is 0 Å². The van der Waals surface area contributed by atoms with Gasteiger partial charge in [0.2, 0.25) is 11.9 Å². The third kappa shape index (κ3) is 7.75. The quantitative estimate of drug-likeness (QED) is 0.274. The zero-order chi connectivity index (χ0) is 26.3. The molecule has 0 fully saturated rings. The minimum Gasteiger partial charge on any atom is -0.444 e. The summed E-state index contributed by atoms with van der Waals surface area (Å²) in [5.74, 6) is -0.755. The van der Waals surface area contributed by atoms with Crippen molar-refractivity contribution in [1.29, 1.82) is 0 Å². The monoisotopic (exact) mass is 496 g/mol. The van der Waals surface area contributed by atoms with Gasteiger partial charge < -0.3 is 21.1 Å². The van der Waals surface area contributed by atoms with Crippen molar-refractivity contribution in [1.82, 2.24) is 25.3 Å². The standard InChI is InChI=1S/C23H28N8O5/c1-23(2,3)36-22(35)31-21-29-18-17(20(34)30-21)28-15(12-27-18)11-26-14-8-6-13(7-9-14)19(33)25-10-4-5-16(24)32/h6-9,12,26H,4-5,10-11H2,1-3H3,(H2,24,32)(H,25,33)(H2,27,29,30,31,34,35). The molecule has 0 saturated carbocycles. The first-order chi connectivity index (χ1) is 17.0. The minimum absolute atomic E-state index is 0.0207. The van der Waals surface area contributed by atoms with Gasteiger partial charge in [-0.3, -0.25) is 24.7 Å². The summed E-state index contributed by atoms with van der Waals surface area (Å²) in [6, 6.07) is 6.78. The minimum atomic E-state index is -0.759. The summed E-state index contributed by atoms with van der Waals surface area (Å²) < 4.78 is 5.14. The highest BCUT2D eigenvalue weighted by molar-refractivity contribution is 5.94. The van der Waals surface area contributed by atoms with Gasteiger partial charge in [-0.15, -0.1) is 0 Å². The molecule has 0 aliphatic heterocycles. The van der Waals surface area contributed by atoms with Gasteiger partial charge in [0, 0.05) is 24.2 Å². The number of hydrogen-bond acceptors (Lipinski definition) is 9. The highest BCUT2D eigenvalue weighted by Gasteiger charge is 2.18. The average molecular weight is 497 g/mol. The Bertz CT molecular complexity index is 1310. The molecule has 3 rings (SSSR count). The van der Waals surface area contributed by atoms with Gasteiger partial charge in [-0.25, -0.2) is 14.8 Å². The molecular formula is C23H28N8O5. The second-order valence-corrected chi connectivity index (χ2v) is 8.83. The number of rotatable bonds is 9. The third-order valence-electron chi connectivity index (χ3n) is 4.59. The number of aromatic nitrogens is 4. The van der Waals surface area contributed by atoms with Crippen LogP contribution in [0.5, 0.6) is 0 Å². The Hall–Kier alpha value is -4.55. The number of benzene rings is 1. The molecule has 2 heterocycles. The molecule has 0 bridgehead atoms. The Kier molecular flexibility index (Phi) is 8.14. The number of nitrogens with zero attached hydrogens (tertiary/aromatic N) is 3. The number of nitrogens with two attached hydrogens (primary N) is 1. The maximum absolute atomic E-state index is 12.5. The molecule has 0 spiro atoms. The van der Waals surface area contributed by atoms with Crippen LogP contribution in [-0.4, -0.2) is 50.0 Å². The normalized spacial score (nSPS) is 11.1. The van der Waals surface area contributed by atoms with Crippen LogP contribution < -0.4 is 27.2 Å². The smallest absolute Gasteiger partial charge is 0.414 e. The van der Waals surface area contributed by atoms with Gasteiger partial charge in [0.25, 0.3) is 11.5 Å². The number of ether oxygens (including phenoxy) is 1. The van der Waals surface area contributed by atoms with E-state index in [-0.39, 0.29) is 36.0 Å². The van der Waals surface area contributed by atoms with Crippen LogP contribution in [0, 0.1) is 0 Å². The van der Waals surface area contributed by atoms with Crippen LogP contribution in [-0.2, 0) is 16.1 Å². The second kappa shape index (κ2) is 11.3. The van der Waals surface area contributed by atoms with Crippen LogP contribution in [0.3, 0.4) is 0 Å². The van der Waals surface area contributed by atoms with Crippen molar-refractivity contribution in [2.75, 3.05) is 17.2 Å². The first kappa shape index (κ1) is 26.1. The predicted molar refractivity (Wildman–Crippen MR) is 132 cm³/mol. The summed E-state index contributed by atoms with van der Waals surface area (Å²) in [6.07, 6.45) is 1.40. The molecule has 3 aromatic rings. The fourth-order valence-electron chi connectivity index (χ4n) is 3.00. The summed E-state index contributed by atoms with van der Waals surface area (Å²) in [6.45, 7) is 5.76. The number of carbonyl (C=O) groups is 3. The van der Waals surface area contributed by atoms with Crippen molar-refractivity contribution in [3.63, 3.8) is 0 Å². The SMILES string of the molecule is CC(C)(C)OC(=O)Nc1nc2ncc(CNc3ccc(C(=O)NCCCC(N)=O)cc3)nc2c(=O)[nH]1. The number of primary amides is 1. The van der Waals surface area contributed by atoms with Gasteiger partial charge in [-0.05, 0) is 51.5 Å². The van der Waals surface area contributed by atoms with Gasteiger partial charge in [-0.1, -0.05) is 0 Å². The fourth-order valence-corrected chi connectivity index (χ4v) is 3.00. The maximum Gasteiger partial charge on any atom is 0.414 e. The van der Waals surface area contributed by atoms with E-state index in [0.29, 0.717) is 24.2 Å². The average Bonchev–Trinajstić information content (AvgIpc) is 2.79. The van der Waals surface area contributed by atoms with E-state index in [9.17, 15) is 19.2 Å². The molecule has 2 aromatic heterocycles. The Labute approximate surface area is 206 Å². The lowest BCUT2D eigenvalue weighted by atomic mass is 10.2. The Morgan fingerprint density at radius 2 is 1.83 bits per heavy atom. The molecule has 3 amide bonds. The van der Waals surface area contributed by atoms with Crippen molar-refractivity contribution in [3.05, 3.63) is 52.1 Å². The molecule has 13 heteroatoms. The van der Waals surface area contributed by atoms with Crippen LogP contribution in [0.2, 0.25) is 0 Å². The number of fused-ring (bicyclic) bond motifs is 1. The first-order valence-electron chi connectivity index (χ1n) is 11.2. The lowest BCUT2D eigenvalue weighted by molar-refractivity contribution is -0.118. The number of amides is 3. The van der Waals surface area contributed by atoms with Crippen LogP contribution in [0.25, 0.3) is 11.2 Å². The van der Waals surface area contributed by atoms with Gasteiger partial charge >= 0.3 is 6.09 Å². The van der Waals surface area contributed by atoms with E-state index >= 15 is 0 Å². The zero-order valence-corrected chi connectivity index (χ0v) is 20.2. The van der Waals surface area contributed by atoms with Crippen molar-refractivity contribution < 1.29 is 19.1 Å². The van der Waals surface area contributed by atoms with Crippen molar-refractivity contribution >= 4 is 40.7 Å². The molecule has 6 N–H and O–H groups in total. The molecule has 0 radical (unpaired) electrons. The van der Waals surface area contributed by atoms with E-state index in [2.05, 4.69) is 35.9 Å². The number of aromatic amines is 1. The second-order valence-electron chi connectivity index (χ2n) is 8.83. The molecule has 0 unspecified atom stereocenters. The molecule has 0 saturated heterocycles. The van der Waals surface area contributed by atoms with Gasteiger partial charge in [0.15, 0.2) is 11.2 Å². The van der Waals surface area contributed by atoms with E-state index in [1.165, 1.54) is 6.20 Å². The van der Waals surface area contributed by atoms with Crippen molar-refractivity contribution in [2.45, 2.75) is 45.8 Å². The Morgan fingerprint density at radius 3 is 2.50 bits per heavy atom. The summed E-state index contributed by atoms with van der Waals surface area (Å²) in [7, 11) is 0. The van der Waals surface area contributed by atoms with Gasteiger partial charge in [0.05, 0.1) is 18.4 Å². The molecule has 0 aliphatic carbocycles. The van der Waals surface area contributed by atoms with Crippen molar-refractivity contribution in [2.24, 2.45) is 5.73 Å². The predicted octanol–water partition coefficient (Wildman–Crippen LogP) is 1.67. The zero-order valence-electron chi connectivity index (χ0n) is 20.2. The topological polar surface area (TPSA) is 194 Å². The summed E-state index contributed by atoms with van der Waals surface area (Å²) in [4.78, 5) is 62.3. The number of nitrogens with one attached hydrogen (secondary N) is 4. The molecule has 0 atom stereocenters. The third-order valence-corrected chi connectivity index (χ3v) is 4.59. The molecule has 190 valence electrons. The molecule has 36 heavy (non-hydrogen) atoms. The summed E-state index contributed by atoms with van der Waals surface area (Å²) in [5, 5.41) is 8.24. The Morgan fingerprint density at radius 1 is 1.11 bits per heavy atom. The van der Waals surface area contributed by atoms with Crippen LogP contribution in [0.4, 0.5) is 16.4 Å². The lowest BCUT2D eigenvalue weighted by Crippen LogP contribution is -2.28. The molecular weight excluding hydrogens is 468 g/mol. The fraction of sp³-hybridized carbons (Fsp3) is 0.348. The highest BCUT2D eigenvalue weighted by Crippen LogP contribution is 2.13. The number of anilines is 2. The molecule has 1 aromatic carbocycles. The largest absolute Gasteiger partial charge is 0.444 e. The highest BCUT2D eigenvalue weighted by atomic mass is 16.6. The maximum atomic E-state index is 12.5. The van der Waals surface area contributed by atoms with Crippen LogP contribution in [0.1, 0.15) is 49.7 Å². The lowest BCUT2D eigenvalue weighted by Gasteiger charge is -2.19. The molecule has 0 aliphatic rings. The first-order valence-corrected chi connectivity index (χ1v) is 11.2. The number of carbonyl (C=O) groups excluding carboxylic acids is 3. The van der Waals surface area contributed by atoms with E-state index < -0.39 is 23.2 Å². The molecule has 13 nitrogen and oxygen atoms in total. The van der Waals surface area contributed by atoms with Crippen LogP contribution >= 0.6 is 0 Å². The van der Waals surface area contributed by atoms with Gasteiger partial charge in [0.1, 0.15) is 5.60 Å². The Balaban J connectivity index is 1.59. The van der Waals surface area contributed by atoms with E-state index in [4.69, 9.17) is 10.5 Å². The summed E-state index contributed by atoms with van der Waals surface area (Å²) >= 11 is 0. The number of H-pyrrole nitrogens is 1. The van der Waals surface area contributed by atoms with Crippen LogP contribution in [0.15, 0.2) is 35.3 Å². The van der Waals surface area contributed by atoms with E-state index in [0.717, 1.165) is 5.69 Å². The number of hydrogen-bond donors (Lipinski definition) is 5. The summed E-state index contributed by atoms with van der Waals surface area (Å²) in [5.41, 5.74) is 5.58.